The minimum Gasteiger partial charge on any atom is -0.463 e. The first kappa shape index (κ1) is 29.5. The van der Waals surface area contributed by atoms with Crippen molar-refractivity contribution in [3.05, 3.63) is 65.0 Å². The predicted molar refractivity (Wildman–Crippen MR) is 146 cm³/mol. The lowest BCUT2D eigenvalue weighted by Crippen LogP contribution is -2.40. The average molecular weight is 538 g/mol. The summed E-state index contributed by atoms with van der Waals surface area (Å²) in [7, 11) is -3.58. The second-order valence-electron chi connectivity index (χ2n) is 10.8. The number of benzene rings is 2. The Labute approximate surface area is 219 Å². The molecule has 3 N–H and O–H groups in total. The smallest absolute Gasteiger partial charge is 0.311 e. The molecular formula is C26H36FN3O4S2. The Morgan fingerprint density at radius 1 is 1.06 bits per heavy atom. The molecule has 7 nitrogen and oxygen atoms in total. The SMILES string of the molecule is CC(C)(C)C(=O)OCC(NC(=S)NCc1ccc(NS(C)(=O)=O)c(F)c1)c1ccc(C(C)(C)C)cc1. The number of anilines is 1. The highest BCUT2D eigenvalue weighted by Gasteiger charge is 2.25. The fourth-order valence-corrected chi connectivity index (χ4v) is 3.93. The molecule has 1 atom stereocenters. The lowest BCUT2D eigenvalue weighted by Gasteiger charge is -2.25. The minimum atomic E-state index is -3.58. The van der Waals surface area contributed by atoms with Crippen LogP contribution in [0.2, 0.25) is 0 Å². The van der Waals surface area contributed by atoms with Crippen LogP contribution in [0.15, 0.2) is 42.5 Å². The van der Waals surface area contributed by atoms with Gasteiger partial charge in [0, 0.05) is 6.54 Å². The summed E-state index contributed by atoms with van der Waals surface area (Å²) in [5.41, 5.74) is 1.88. The van der Waals surface area contributed by atoms with E-state index >= 15 is 0 Å². The first-order valence-corrected chi connectivity index (χ1v) is 13.8. The maximum atomic E-state index is 14.3. The highest BCUT2D eigenvalue weighted by atomic mass is 32.2. The van der Waals surface area contributed by atoms with Crippen LogP contribution in [-0.2, 0) is 31.5 Å². The Bertz CT molecular complexity index is 1190. The van der Waals surface area contributed by atoms with Crippen LogP contribution in [0.25, 0.3) is 0 Å². The van der Waals surface area contributed by atoms with Crippen molar-refractivity contribution in [3.8, 4) is 0 Å². The van der Waals surface area contributed by atoms with E-state index in [2.05, 4.69) is 36.1 Å². The zero-order chi connectivity index (χ0) is 27.3. The molecule has 0 fully saturated rings. The molecule has 0 aliphatic carbocycles. The Morgan fingerprint density at radius 3 is 2.17 bits per heavy atom. The Morgan fingerprint density at radius 2 is 1.67 bits per heavy atom. The Hall–Kier alpha value is -2.72. The number of nitrogens with one attached hydrogen (secondary N) is 3. The van der Waals surface area contributed by atoms with Crippen molar-refractivity contribution in [2.75, 3.05) is 17.6 Å². The van der Waals surface area contributed by atoms with Crippen LogP contribution < -0.4 is 15.4 Å². The maximum absolute atomic E-state index is 14.3. The summed E-state index contributed by atoms with van der Waals surface area (Å²) >= 11 is 5.45. The fourth-order valence-electron chi connectivity index (χ4n) is 3.15. The lowest BCUT2D eigenvalue weighted by molar-refractivity contribution is -0.153. The summed E-state index contributed by atoms with van der Waals surface area (Å²) < 4.78 is 44.6. The molecule has 0 saturated carbocycles. The molecule has 0 spiro atoms. The molecule has 0 aliphatic heterocycles. The number of hydrogen-bond donors (Lipinski definition) is 3. The highest BCUT2D eigenvalue weighted by molar-refractivity contribution is 7.92. The molecule has 0 radical (unpaired) electrons. The van der Waals surface area contributed by atoms with E-state index < -0.39 is 27.3 Å². The summed E-state index contributed by atoms with van der Waals surface area (Å²) in [5.74, 6) is -1.01. The van der Waals surface area contributed by atoms with E-state index in [4.69, 9.17) is 17.0 Å². The van der Waals surface area contributed by atoms with Gasteiger partial charge in [0.2, 0.25) is 10.0 Å². The molecule has 36 heavy (non-hydrogen) atoms. The van der Waals surface area contributed by atoms with Gasteiger partial charge in [-0.15, -0.1) is 0 Å². The quantitative estimate of drug-likeness (QED) is 0.329. The van der Waals surface area contributed by atoms with Gasteiger partial charge < -0.3 is 15.4 Å². The summed E-state index contributed by atoms with van der Waals surface area (Å²) in [6.07, 6.45) is 0.956. The monoisotopic (exact) mass is 537 g/mol. The van der Waals surface area contributed by atoms with Gasteiger partial charge in [-0.2, -0.15) is 0 Å². The fraction of sp³-hybridized carbons (Fsp3) is 0.462. The Kier molecular flexibility index (Phi) is 9.47. The van der Waals surface area contributed by atoms with Gasteiger partial charge in [0.15, 0.2) is 5.11 Å². The molecule has 10 heteroatoms. The summed E-state index contributed by atoms with van der Waals surface area (Å²) in [6, 6.07) is 11.8. The number of sulfonamides is 1. The molecule has 0 amide bonds. The van der Waals surface area contributed by atoms with Gasteiger partial charge in [0.05, 0.1) is 23.4 Å². The van der Waals surface area contributed by atoms with Crippen LogP contribution in [0.1, 0.15) is 64.3 Å². The molecule has 1 unspecified atom stereocenters. The summed E-state index contributed by atoms with van der Waals surface area (Å²) in [6.45, 7) is 12.1. The molecular weight excluding hydrogens is 501 g/mol. The largest absolute Gasteiger partial charge is 0.463 e. The van der Waals surface area contributed by atoms with E-state index in [-0.39, 0.29) is 30.2 Å². The van der Waals surface area contributed by atoms with E-state index in [1.54, 1.807) is 26.8 Å². The van der Waals surface area contributed by atoms with Crippen LogP contribution in [0.5, 0.6) is 0 Å². The molecule has 0 aromatic heterocycles. The van der Waals surface area contributed by atoms with Crippen molar-refractivity contribution < 1.29 is 22.3 Å². The standard InChI is InChI=1S/C26H36FN3O4S2/c1-25(2,3)19-11-9-18(10-12-19)22(16-34-23(31)26(4,5)6)29-24(35)28-15-17-8-13-21(20(27)14-17)30-36(7,32)33/h8-14,22,30H,15-16H2,1-7H3,(H2,28,29,35). The summed E-state index contributed by atoms with van der Waals surface area (Å²) in [5, 5.41) is 6.50. The average Bonchev–Trinajstić information content (AvgIpc) is 2.74. The van der Waals surface area contributed by atoms with Gasteiger partial charge in [-0.25, -0.2) is 12.8 Å². The normalized spacial score (nSPS) is 13.0. The topological polar surface area (TPSA) is 96.5 Å². The van der Waals surface area contributed by atoms with Gasteiger partial charge in [-0.05, 0) is 67.2 Å². The van der Waals surface area contributed by atoms with Crippen LogP contribution in [0, 0.1) is 11.2 Å². The number of thiocarbonyl (C=S) groups is 1. The van der Waals surface area contributed by atoms with Gasteiger partial charge in [-0.1, -0.05) is 51.1 Å². The number of rotatable bonds is 8. The minimum absolute atomic E-state index is 0.00132. The molecule has 0 saturated heterocycles. The second kappa shape index (κ2) is 11.6. The first-order valence-electron chi connectivity index (χ1n) is 11.5. The molecule has 0 aliphatic rings. The van der Waals surface area contributed by atoms with Crippen molar-refractivity contribution in [2.24, 2.45) is 5.41 Å². The van der Waals surface area contributed by atoms with Crippen LogP contribution >= 0.6 is 12.2 Å². The molecule has 198 valence electrons. The van der Waals surface area contributed by atoms with E-state index in [1.165, 1.54) is 17.7 Å². The van der Waals surface area contributed by atoms with E-state index in [9.17, 15) is 17.6 Å². The molecule has 2 aromatic carbocycles. The van der Waals surface area contributed by atoms with Crippen LogP contribution in [0.3, 0.4) is 0 Å². The van der Waals surface area contributed by atoms with Gasteiger partial charge >= 0.3 is 5.97 Å². The number of carbonyl (C=O) groups is 1. The van der Waals surface area contributed by atoms with E-state index in [0.29, 0.717) is 10.7 Å². The van der Waals surface area contributed by atoms with Crippen molar-refractivity contribution in [3.63, 3.8) is 0 Å². The maximum Gasteiger partial charge on any atom is 0.311 e. The number of carbonyl (C=O) groups excluding carboxylic acids is 1. The van der Waals surface area contributed by atoms with Gasteiger partial charge in [-0.3, -0.25) is 9.52 Å². The molecule has 0 heterocycles. The van der Waals surface area contributed by atoms with Crippen LogP contribution in [0.4, 0.5) is 10.1 Å². The van der Waals surface area contributed by atoms with Crippen molar-refractivity contribution in [1.82, 2.24) is 10.6 Å². The van der Waals surface area contributed by atoms with Gasteiger partial charge in [0.1, 0.15) is 12.4 Å². The molecule has 0 bridgehead atoms. The van der Waals surface area contributed by atoms with Gasteiger partial charge in [0.25, 0.3) is 0 Å². The summed E-state index contributed by atoms with van der Waals surface area (Å²) in [4.78, 5) is 12.4. The van der Waals surface area contributed by atoms with Crippen molar-refractivity contribution in [1.29, 1.82) is 0 Å². The Balaban J connectivity index is 2.11. The first-order chi connectivity index (χ1) is 16.5. The van der Waals surface area contributed by atoms with Crippen LogP contribution in [-0.4, -0.2) is 32.4 Å². The third-order valence-electron chi connectivity index (χ3n) is 5.26. The predicted octanol–water partition coefficient (Wildman–Crippen LogP) is 4.79. The molecule has 2 aromatic rings. The number of hydrogen-bond acceptors (Lipinski definition) is 5. The van der Waals surface area contributed by atoms with E-state index in [1.807, 2.05) is 24.3 Å². The second-order valence-corrected chi connectivity index (χ2v) is 12.9. The number of halogens is 1. The van der Waals surface area contributed by atoms with Crippen molar-refractivity contribution >= 4 is 39.0 Å². The zero-order valence-electron chi connectivity index (χ0n) is 21.9. The number of ether oxygens (including phenoxy) is 1. The third kappa shape index (κ3) is 9.39. The number of esters is 1. The lowest BCUT2D eigenvalue weighted by atomic mass is 9.86. The molecule has 2 rings (SSSR count). The highest BCUT2D eigenvalue weighted by Crippen LogP contribution is 2.25. The zero-order valence-corrected chi connectivity index (χ0v) is 23.5. The third-order valence-corrected chi connectivity index (χ3v) is 6.11. The van der Waals surface area contributed by atoms with Crippen molar-refractivity contribution in [2.45, 2.75) is 59.5 Å². The van der Waals surface area contributed by atoms with E-state index in [0.717, 1.165) is 11.8 Å².